The maximum Gasteiger partial charge on any atom is 0.327 e. The lowest BCUT2D eigenvalue weighted by atomic mass is 10.0. The first-order valence-electron chi connectivity index (χ1n) is 5.69. The maximum absolute atomic E-state index is 12.1. The first kappa shape index (κ1) is 13.4. The van der Waals surface area contributed by atoms with Crippen molar-refractivity contribution in [3.8, 4) is 0 Å². The topological polar surface area (TPSA) is 57.6 Å². The molecule has 0 radical (unpaired) electrons. The van der Waals surface area contributed by atoms with E-state index >= 15 is 0 Å². The minimum absolute atomic E-state index is 0.00505. The van der Waals surface area contributed by atoms with Gasteiger partial charge < -0.3 is 10.0 Å². The van der Waals surface area contributed by atoms with Gasteiger partial charge in [0.05, 0.1) is 0 Å². The SMILES string of the molecule is CCCC(C)C(=O)N1CCSCC1C(=O)O. The van der Waals surface area contributed by atoms with Crippen molar-refractivity contribution in [2.75, 3.05) is 18.1 Å². The van der Waals surface area contributed by atoms with Gasteiger partial charge in [-0.05, 0) is 6.42 Å². The summed E-state index contributed by atoms with van der Waals surface area (Å²) in [5.41, 5.74) is 0. The van der Waals surface area contributed by atoms with Crippen LogP contribution in [0.5, 0.6) is 0 Å². The van der Waals surface area contributed by atoms with Crippen LogP contribution in [0.2, 0.25) is 0 Å². The van der Waals surface area contributed by atoms with Crippen LogP contribution >= 0.6 is 11.8 Å². The number of nitrogens with zero attached hydrogens (tertiary/aromatic N) is 1. The first-order valence-corrected chi connectivity index (χ1v) is 6.84. The number of hydrogen-bond donors (Lipinski definition) is 1. The van der Waals surface area contributed by atoms with E-state index in [9.17, 15) is 9.59 Å². The van der Waals surface area contributed by atoms with Crippen molar-refractivity contribution >= 4 is 23.6 Å². The number of hydrogen-bond acceptors (Lipinski definition) is 3. The van der Waals surface area contributed by atoms with E-state index < -0.39 is 12.0 Å². The smallest absolute Gasteiger partial charge is 0.327 e. The molecule has 92 valence electrons. The zero-order valence-electron chi connectivity index (χ0n) is 9.81. The second-order valence-electron chi connectivity index (χ2n) is 4.15. The Morgan fingerprint density at radius 1 is 1.56 bits per heavy atom. The number of thioether (sulfide) groups is 1. The number of rotatable bonds is 4. The summed E-state index contributed by atoms with van der Waals surface area (Å²) in [6.07, 6.45) is 1.78. The molecule has 1 aliphatic heterocycles. The third kappa shape index (κ3) is 3.14. The summed E-state index contributed by atoms with van der Waals surface area (Å²) in [7, 11) is 0. The molecule has 16 heavy (non-hydrogen) atoms. The maximum atomic E-state index is 12.1. The highest BCUT2D eigenvalue weighted by Crippen LogP contribution is 2.20. The van der Waals surface area contributed by atoms with Gasteiger partial charge in [-0.2, -0.15) is 11.8 Å². The molecule has 1 amide bonds. The van der Waals surface area contributed by atoms with Crippen molar-refractivity contribution in [1.29, 1.82) is 0 Å². The summed E-state index contributed by atoms with van der Waals surface area (Å²) in [5, 5.41) is 9.06. The van der Waals surface area contributed by atoms with Crippen LogP contribution in [-0.2, 0) is 9.59 Å². The molecule has 2 atom stereocenters. The molecule has 0 saturated carbocycles. The van der Waals surface area contributed by atoms with Crippen LogP contribution in [0.3, 0.4) is 0 Å². The van der Waals surface area contributed by atoms with E-state index in [1.165, 1.54) is 0 Å². The molecule has 1 rings (SSSR count). The zero-order chi connectivity index (χ0) is 12.1. The fraction of sp³-hybridized carbons (Fsp3) is 0.818. The Hall–Kier alpha value is -0.710. The molecule has 4 nitrogen and oxygen atoms in total. The molecule has 2 unspecified atom stereocenters. The second-order valence-corrected chi connectivity index (χ2v) is 5.30. The Kier molecular flexibility index (Phi) is 5.12. The zero-order valence-corrected chi connectivity index (χ0v) is 10.6. The molecule has 1 fully saturated rings. The largest absolute Gasteiger partial charge is 0.480 e. The van der Waals surface area contributed by atoms with E-state index in [0.29, 0.717) is 12.3 Å². The van der Waals surface area contributed by atoms with Crippen molar-refractivity contribution in [2.24, 2.45) is 5.92 Å². The quantitative estimate of drug-likeness (QED) is 0.814. The van der Waals surface area contributed by atoms with E-state index in [4.69, 9.17) is 5.11 Å². The van der Waals surface area contributed by atoms with Gasteiger partial charge >= 0.3 is 5.97 Å². The molecule has 1 saturated heterocycles. The Balaban J connectivity index is 2.67. The van der Waals surface area contributed by atoms with Crippen molar-refractivity contribution in [1.82, 2.24) is 4.90 Å². The van der Waals surface area contributed by atoms with Crippen LogP contribution in [0.25, 0.3) is 0 Å². The fourth-order valence-corrected chi connectivity index (χ4v) is 2.95. The number of amides is 1. The Morgan fingerprint density at radius 2 is 2.25 bits per heavy atom. The second kappa shape index (κ2) is 6.13. The van der Waals surface area contributed by atoms with Gasteiger partial charge in [-0.3, -0.25) is 4.79 Å². The summed E-state index contributed by atoms with van der Waals surface area (Å²) < 4.78 is 0. The number of carboxylic acid groups (broad SMARTS) is 1. The summed E-state index contributed by atoms with van der Waals surface area (Å²) in [5.74, 6) is 0.405. The van der Waals surface area contributed by atoms with Crippen molar-refractivity contribution in [3.63, 3.8) is 0 Å². The predicted molar refractivity (Wildman–Crippen MR) is 64.5 cm³/mol. The Labute approximate surface area is 100 Å². The number of carbonyl (C=O) groups excluding carboxylic acids is 1. The summed E-state index contributed by atoms with van der Waals surface area (Å²) in [4.78, 5) is 24.6. The van der Waals surface area contributed by atoms with Crippen LogP contribution in [0, 0.1) is 5.92 Å². The molecule has 1 aliphatic rings. The van der Waals surface area contributed by atoms with Gasteiger partial charge in [0.1, 0.15) is 6.04 Å². The van der Waals surface area contributed by atoms with E-state index in [-0.39, 0.29) is 11.8 Å². The molecular weight excluding hydrogens is 226 g/mol. The lowest BCUT2D eigenvalue weighted by molar-refractivity contribution is -0.150. The first-order chi connectivity index (χ1) is 7.57. The molecule has 1 N–H and O–H groups in total. The van der Waals surface area contributed by atoms with Gasteiger partial charge in [0, 0.05) is 24.0 Å². The normalized spacial score (nSPS) is 22.9. The van der Waals surface area contributed by atoms with E-state index in [1.807, 2.05) is 13.8 Å². The number of aliphatic carboxylic acids is 1. The predicted octanol–water partition coefficient (Wildman–Crippen LogP) is 1.45. The number of carbonyl (C=O) groups is 2. The molecule has 0 aromatic heterocycles. The Morgan fingerprint density at radius 3 is 2.81 bits per heavy atom. The number of carboxylic acids is 1. The summed E-state index contributed by atoms with van der Waals surface area (Å²) >= 11 is 1.60. The lowest BCUT2D eigenvalue weighted by Crippen LogP contribution is -2.51. The van der Waals surface area contributed by atoms with Crippen molar-refractivity contribution < 1.29 is 14.7 Å². The standard InChI is InChI=1S/C11H19NO3S/c1-3-4-8(2)10(13)12-5-6-16-7-9(12)11(14)15/h8-9H,3-7H2,1-2H3,(H,14,15). The van der Waals surface area contributed by atoms with Gasteiger partial charge in [-0.25, -0.2) is 4.79 Å². The molecule has 1 heterocycles. The monoisotopic (exact) mass is 245 g/mol. The minimum Gasteiger partial charge on any atom is -0.480 e. The summed E-state index contributed by atoms with van der Waals surface area (Å²) in [6, 6.07) is -0.634. The van der Waals surface area contributed by atoms with Crippen LogP contribution < -0.4 is 0 Å². The van der Waals surface area contributed by atoms with Crippen LogP contribution in [0.15, 0.2) is 0 Å². The highest BCUT2D eigenvalue weighted by Gasteiger charge is 2.33. The minimum atomic E-state index is -0.885. The molecule has 0 aromatic carbocycles. The van der Waals surface area contributed by atoms with Gasteiger partial charge in [-0.1, -0.05) is 20.3 Å². The average molecular weight is 245 g/mol. The van der Waals surface area contributed by atoms with E-state index in [1.54, 1.807) is 16.7 Å². The fourth-order valence-electron chi connectivity index (χ4n) is 1.91. The molecule has 0 bridgehead atoms. The lowest BCUT2D eigenvalue weighted by Gasteiger charge is -2.34. The molecule has 0 spiro atoms. The third-order valence-corrected chi connectivity index (χ3v) is 3.86. The molecule has 5 heteroatoms. The highest BCUT2D eigenvalue weighted by molar-refractivity contribution is 7.99. The van der Waals surface area contributed by atoms with Gasteiger partial charge in [0.25, 0.3) is 0 Å². The summed E-state index contributed by atoms with van der Waals surface area (Å²) in [6.45, 7) is 4.48. The molecular formula is C11H19NO3S. The molecule has 0 aromatic rings. The van der Waals surface area contributed by atoms with Crippen LogP contribution in [0.1, 0.15) is 26.7 Å². The van der Waals surface area contributed by atoms with E-state index in [0.717, 1.165) is 18.6 Å². The van der Waals surface area contributed by atoms with Crippen molar-refractivity contribution in [3.05, 3.63) is 0 Å². The van der Waals surface area contributed by atoms with Crippen molar-refractivity contribution in [2.45, 2.75) is 32.7 Å². The Bertz CT molecular complexity index is 270. The van der Waals surface area contributed by atoms with Gasteiger partial charge in [0.2, 0.25) is 5.91 Å². The van der Waals surface area contributed by atoms with Crippen LogP contribution in [-0.4, -0.2) is 46.0 Å². The molecule has 0 aliphatic carbocycles. The third-order valence-electron chi connectivity index (χ3n) is 2.84. The van der Waals surface area contributed by atoms with E-state index in [2.05, 4.69) is 0 Å². The van der Waals surface area contributed by atoms with Crippen LogP contribution in [0.4, 0.5) is 0 Å². The highest BCUT2D eigenvalue weighted by atomic mass is 32.2. The van der Waals surface area contributed by atoms with Gasteiger partial charge in [-0.15, -0.1) is 0 Å². The average Bonchev–Trinajstić information content (AvgIpc) is 2.28. The van der Waals surface area contributed by atoms with Gasteiger partial charge in [0.15, 0.2) is 0 Å².